The van der Waals surface area contributed by atoms with E-state index in [9.17, 15) is 14.9 Å². The van der Waals surface area contributed by atoms with Crippen LogP contribution >= 0.6 is 0 Å². The third-order valence-electron chi connectivity index (χ3n) is 3.28. The Morgan fingerprint density at radius 2 is 2.38 bits per heavy atom. The summed E-state index contributed by atoms with van der Waals surface area (Å²) in [7, 11) is 1.25. The number of anilines is 1. The Bertz CT molecular complexity index is 547. The van der Waals surface area contributed by atoms with Crippen LogP contribution in [0.3, 0.4) is 0 Å². The quantitative estimate of drug-likeness (QED) is 0.492. The summed E-state index contributed by atoms with van der Waals surface area (Å²) in [5.41, 5.74) is 0.469. The fraction of sp³-hybridized carbons (Fsp3) is 0.462. The molecule has 8 heteroatoms. The van der Waals surface area contributed by atoms with Crippen LogP contribution in [0.25, 0.3) is 0 Å². The van der Waals surface area contributed by atoms with Gasteiger partial charge in [-0.3, -0.25) is 10.1 Å². The molecule has 114 valence electrons. The van der Waals surface area contributed by atoms with Crippen LogP contribution in [-0.4, -0.2) is 55.5 Å². The van der Waals surface area contributed by atoms with Gasteiger partial charge in [-0.25, -0.2) is 4.79 Å². The Morgan fingerprint density at radius 3 is 3.00 bits per heavy atom. The minimum atomic E-state index is -0.557. The van der Waals surface area contributed by atoms with E-state index in [1.54, 1.807) is 4.90 Å². The summed E-state index contributed by atoms with van der Waals surface area (Å²) in [4.78, 5) is 24.0. The van der Waals surface area contributed by atoms with Crippen molar-refractivity contribution in [3.8, 4) is 0 Å². The molecule has 0 amide bonds. The van der Waals surface area contributed by atoms with Gasteiger partial charge in [0.2, 0.25) is 0 Å². The minimum absolute atomic E-state index is 0.0961. The monoisotopic (exact) mass is 296 g/mol. The molecule has 1 unspecified atom stereocenters. The number of nitrogens with zero attached hydrogens (tertiary/aromatic N) is 2. The molecule has 21 heavy (non-hydrogen) atoms. The largest absolute Gasteiger partial charge is 0.465 e. The van der Waals surface area contributed by atoms with Crippen LogP contribution in [0.15, 0.2) is 18.2 Å². The summed E-state index contributed by atoms with van der Waals surface area (Å²) >= 11 is 0. The van der Waals surface area contributed by atoms with Gasteiger partial charge in [-0.15, -0.1) is 0 Å². The maximum absolute atomic E-state index is 11.6. The molecular formula is C13H16N2O6. The van der Waals surface area contributed by atoms with Gasteiger partial charge < -0.3 is 19.5 Å². The van der Waals surface area contributed by atoms with E-state index in [4.69, 9.17) is 9.84 Å². The standard InChI is InChI=1S/C13H16N2O6/c1-20-13(17)9-2-3-11(15(18)19)12(6-9)14-4-5-21-10(7-14)8-16/h2-3,6,10,16H,4-5,7-8H2,1H3. The lowest BCUT2D eigenvalue weighted by Crippen LogP contribution is -2.44. The Labute approximate surface area is 121 Å². The summed E-state index contributed by atoms with van der Waals surface area (Å²) in [6.45, 7) is 0.954. The number of aliphatic hydroxyl groups is 1. The second-order valence-electron chi connectivity index (χ2n) is 4.57. The smallest absolute Gasteiger partial charge is 0.337 e. The molecule has 0 radical (unpaired) electrons. The Morgan fingerprint density at radius 1 is 1.62 bits per heavy atom. The number of carbonyl (C=O) groups is 1. The van der Waals surface area contributed by atoms with E-state index in [2.05, 4.69) is 4.74 Å². The van der Waals surface area contributed by atoms with Gasteiger partial charge in [0.15, 0.2) is 0 Å². The average Bonchev–Trinajstić information content (AvgIpc) is 2.53. The molecule has 0 spiro atoms. The molecule has 0 saturated carbocycles. The van der Waals surface area contributed by atoms with E-state index in [-0.39, 0.29) is 17.9 Å². The van der Waals surface area contributed by atoms with Crippen LogP contribution in [0.5, 0.6) is 0 Å². The molecule has 1 aromatic carbocycles. The number of carbonyl (C=O) groups excluding carboxylic acids is 1. The molecular weight excluding hydrogens is 280 g/mol. The van der Waals surface area contributed by atoms with Crippen LogP contribution in [-0.2, 0) is 9.47 Å². The third-order valence-corrected chi connectivity index (χ3v) is 3.28. The normalized spacial score (nSPS) is 18.4. The zero-order valence-electron chi connectivity index (χ0n) is 11.5. The Kier molecular flexibility index (Phi) is 4.71. The van der Waals surface area contributed by atoms with Gasteiger partial charge in [0, 0.05) is 19.2 Å². The summed E-state index contributed by atoms with van der Waals surface area (Å²) in [6, 6.07) is 4.08. The summed E-state index contributed by atoms with van der Waals surface area (Å²) in [5.74, 6) is -0.557. The third kappa shape index (κ3) is 3.29. The number of hydrogen-bond acceptors (Lipinski definition) is 7. The number of esters is 1. The van der Waals surface area contributed by atoms with Crippen molar-refractivity contribution in [2.45, 2.75) is 6.10 Å². The SMILES string of the molecule is COC(=O)c1ccc([N+](=O)[O-])c(N2CCOC(CO)C2)c1. The zero-order chi connectivity index (χ0) is 15.4. The average molecular weight is 296 g/mol. The van der Waals surface area contributed by atoms with Crippen molar-refractivity contribution in [1.82, 2.24) is 0 Å². The van der Waals surface area contributed by atoms with Gasteiger partial charge in [0.25, 0.3) is 5.69 Å². The summed E-state index contributed by atoms with van der Waals surface area (Å²) in [5, 5.41) is 20.3. The van der Waals surface area contributed by atoms with Gasteiger partial charge in [-0.05, 0) is 12.1 Å². The number of hydrogen-bond donors (Lipinski definition) is 1. The highest BCUT2D eigenvalue weighted by Gasteiger charge is 2.26. The molecule has 0 bridgehead atoms. The molecule has 0 aliphatic carbocycles. The Hall–Kier alpha value is -2.19. The van der Waals surface area contributed by atoms with Crippen molar-refractivity contribution >= 4 is 17.3 Å². The van der Waals surface area contributed by atoms with Crippen molar-refractivity contribution in [2.24, 2.45) is 0 Å². The van der Waals surface area contributed by atoms with Crippen LogP contribution in [0, 0.1) is 10.1 Å². The number of methoxy groups -OCH3 is 1. The second-order valence-corrected chi connectivity index (χ2v) is 4.57. The first kappa shape index (κ1) is 15.2. The van der Waals surface area contributed by atoms with Crippen molar-refractivity contribution in [1.29, 1.82) is 0 Å². The molecule has 1 aromatic rings. The maximum Gasteiger partial charge on any atom is 0.337 e. The van der Waals surface area contributed by atoms with Crippen LogP contribution in [0.2, 0.25) is 0 Å². The molecule has 1 aliphatic heterocycles. The molecule has 1 fully saturated rings. The van der Waals surface area contributed by atoms with Gasteiger partial charge in [0.1, 0.15) is 5.69 Å². The lowest BCUT2D eigenvalue weighted by Gasteiger charge is -2.33. The lowest BCUT2D eigenvalue weighted by molar-refractivity contribution is -0.384. The zero-order valence-corrected chi connectivity index (χ0v) is 11.5. The topological polar surface area (TPSA) is 102 Å². The molecule has 1 heterocycles. The highest BCUT2D eigenvalue weighted by Crippen LogP contribution is 2.30. The number of aliphatic hydroxyl groups excluding tert-OH is 1. The van der Waals surface area contributed by atoms with Crippen LogP contribution in [0.1, 0.15) is 10.4 Å². The fourth-order valence-electron chi connectivity index (χ4n) is 2.22. The highest BCUT2D eigenvalue weighted by molar-refractivity contribution is 5.91. The number of benzene rings is 1. The summed E-state index contributed by atoms with van der Waals surface area (Å²) in [6.07, 6.45) is -0.403. The van der Waals surface area contributed by atoms with E-state index in [1.807, 2.05) is 0 Å². The minimum Gasteiger partial charge on any atom is -0.465 e. The van der Waals surface area contributed by atoms with Crippen molar-refractivity contribution in [2.75, 3.05) is 38.3 Å². The van der Waals surface area contributed by atoms with E-state index >= 15 is 0 Å². The van der Waals surface area contributed by atoms with Gasteiger partial charge in [-0.2, -0.15) is 0 Å². The van der Waals surface area contributed by atoms with E-state index < -0.39 is 17.0 Å². The number of nitro groups is 1. The first-order valence-electron chi connectivity index (χ1n) is 6.41. The molecule has 1 aliphatic rings. The van der Waals surface area contributed by atoms with Crippen LogP contribution in [0.4, 0.5) is 11.4 Å². The first-order chi connectivity index (χ1) is 10.1. The first-order valence-corrected chi connectivity index (χ1v) is 6.41. The second kappa shape index (κ2) is 6.51. The molecule has 2 rings (SSSR count). The number of morpholine rings is 1. The number of ether oxygens (including phenoxy) is 2. The predicted octanol–water partition coefficient (Wildman–Crippen LogP) is 0.579. The van der Waals surface area contributed by atoms with E-state index in [0.717, 1.165) is 0 Å². The molecule has 0 aromatic heterocycles. The van der Waals surface area contributed by atoms with Gasteiger partial charge >= 0.3 is 5.97 Å². The van der Waals surface area contributed by atoms with Crippen molar-refractivity contribution in [3.05, 3.63) is 33.9 Å². The van der Waals surface area contributed by atoms with Crippen LogP contribution < -0.4 is 4.90 Å². The molecule has 1 atom stereocenters. The Balaban J connectivity index is 2.38. The predicted molar refractivity (Wildman–Crippen MR) is 73.5 cm³/mol. The number of nitro benzene ring substituents is 1. The molecule has 1 saturated heterocycles. The van der Waals surface area contributed by atoms with Crippen molar-refractivity contribution < 1.29 is 24.3 Å². The van der Waals surface area contributed by atoms with E-state index in [1.165, 1.54) is 25.3 Å². The van der Waals surface area contributed by atoms with Gasteiger partial charge in [0.05, 0.1) is 36.9 Å². The van der Waals surface area contributed by atoms with Crippen molar-refractivity contribution in [3.63, 3.8) is 0 Å². The summed E-state index contributed by atoms with van der Waals surface area (Å²) < 4.78 is 9.95. The van der Waals surface area contributed by atoms with E-state index in [0.29, 0.717) is 25.4 Å². The highest BCUT2D eigenvalue weighted by atomic mass is 16.6. The lowest BCUT2D eigenvalue weighted by atomic mass is 10.1. The maximum atomic E-state index is 11.6. The molecule has 8 nitrogen and oxygen atoms in total. The fourth-order valence-corrected chi connectivity index (χ4v) is 2.22. The molecule has 1 N–H and O–H groups in total. The van der Waals surface area contributed by atoms with Gasteiger partial charge in [-0.1, -0.05) is 0 Å². The number of rotatable bonds is 4.